The fourth-order valence-corrected chi connectivity index (χ4v) is 3.71. The van der Waals surface area contributed by atoms with Crippen LogP contribution < -0.4 is 5.32 Å². The first-order valence-corrected chi connectivity index (χ1v) is 8.09. The Kier molecular flexibility index (Phi) is 6.02. The number of hydrogen-bond acceptors (Lipinski definition) is 4. The molecule has 6 heteroatoms. The van der Waals surface area contributed by atoms with E-state index in [0.29, 0.717) is 6.04 Å². The molecular weight excluding hydrogens is 325 g/mol. The number of aromatic nitrogens is 1. The summed E-state index contributed by atoms with van der Waals surface area (Å²) < 4.78 is 0. The highest BCUT2D eigenvalue weighted by Crippen LogP contribution is 2.30. The van der Waals surface area contributed by atoms with Crippen LogP contribution in [0.4, 0.5) is 0 Å². The predicted molar refractivity (Wildman–Crippen MR) is 91.6 cm³/mol. The molecule has 3 rings (SSSR count). The van der Waals surface area contributed by atoms with Crippen LogP contribution in [0.3, 0.4) is 0 Å². The van der Waals surface area contributed by atoms with Crippen molar-refractivity contribution < 1.29 is 0 Å². The third kappa shape index (κ3) is 3.76. The highest BCUT2D eigenvalue weighted by Gasteiger charge is 2.26. The lowest BCUT2D eigenvalue weighted by Crippen LogP contribution is -2.45. The molecule has 2 aromatic rings. The van der Waals surface area contributed by atoms with Gasteiger partial charge in [-0.2, -0.15) is 0 Å². The zero-order valence-electron chi connectivity index (χ0n) is 11.9. The van der Waals surface area contributed by atoms with Crippen molar-refractivity contribution in [3.8, 4) is 0 Å². The number of nitrogens with one attached hydrogen (secondary N) is 1. The van der Waals surface area contributed by atoms with E-state index in [0.717, 1.165) is 36.9 Å². The summed E-state index contributed by atoms with van der Waals surface area (Å²) in [6.07, 6.45) is 0. The number of rotatable bonds is 3. The average Bonchev–Trinajstić information content (AvgIpc) is 2.86. The van der Waals surface area contributed by atoms with E-state index in [1.165, 1.54) is 10.4 Å². The molecule has 114 valence electrons. The van der Waals surface area contributed by atoms with Crippen molar-refractivity contribution in [2.24, 2.45) is 0 Å². The van der Waals surface area contributed by atoms with E-state index in [9.17, 15) is 0 Å². The van der Waals surface area contributed by atoms with Crippen LogP contribution in [0.15, 0.2) is 29.8 Å². The van der Waals surface area contributed by atoms with Gasteiger partial charge < -0.3 is 5.32 Å². The number of aryl methyl sites for hydroxylation is 1. The zero-order valence-corrected chi connectivity index (χ0v) is 14.3. The second-order valence-corrected chi connectivity index (χ2v) is 6.42. The van der Waals surface area contributed by atoms with Crippen molar-refractivity contribution in [2.75, 3.05) is 19.6 Å². The Labute approximate surface area is 140 Å². The normalized spacial score (nSPS) is 19.2. The zero-order chi connectivity index (χ0) is 13.9. The molecule has 1 N–H and O–H groups in total. The largest absolute Gasteiger partial charge is 0.314 e. The second kappa shape index (κ2) is 7.56. The number of halogens is 2. The number of benzene rings is 1. The van der Waals surface area contributed by atoms with E-state index in [2.05, 4.69) is 34.3 Å². The van der Waals surface area contributed by atoms with Crippen molar-refractivity contribution in [1.29, 1.82) is 0 Å². The van der Waals surface area contributed by atoms with Crippen LogP contribution in [0, 0.1) is 6.92 Å². The van der Waals surface area contributed by atoms with E-state index in [1.54, 1.807) is 11.3 Å². The van der Waals surface area contributed by atoms with Gasteiger partial charge in [0.25, 0.3) is 0 Å². The summed E-state index contributed by atoms with van der Waals surface area (Å²) in [5.74, 6) is 0. The van der Waals surface area contributed by atoms with Gasteiger partial charge in [0.15, 0.2) is 0 Å². The number of nitrogens with zero attached hydrogens (tertiary/aromatic N) is 2. The molecule has 1 unspecified atom stereocenters. The summed E-state index contributed by atoms with van der Waals surface area (Å²) in [5, 5.41) is 4.33. The highest BCUT2D eigenvalue weighted by atomic mass is 35.5. The Bertz CT molecular complexity index is 588. The molecule has 1 aromatic heterocycles. The van der Waals surface area contributed by atoms with Gasteiger partial charge in [0.05, 0.1) is 11.2 Å². The van der Waals surface area contributed by atoms with Gasteiger partial charge in [0, 0.05) is 42.1 Å². The van der Waals surface area contributed by atoms with Crippen molar-refractivity contribution in [3.63, 3.8) is 0 Å². The van der Waals surface area contributed by atoms with Crippen LogP contribution in [-0.4, -0.2) is 29.5 Å². The Morgan fingerprint density at radius 3 is 2.95 bits per heavy atom. The van der Waals surface area contributed by atoms with Gasteiger partial charge in [-0.3, -0.25) is 4.90 Å². The molecule has 0 saturated carbocycles. The Morgan fingerprint density at radius 1 is 1.43 bits per heavy atom. The van der Waals surface area contributed by atoms with Crippen LogP contribution in [0.5, 0.6) is 0 Å². The van der Waals surface area contributed by atoms with Gasteiger partial charge in [-0.1, -0.05) is 29.8 Å². The Balaban J connectivity index is 0.00000161. The molecule has 0 amide bonds. The maximum atomic E-state index is 6.37. The molecule has 1 fully saturated rings. The lowest BCUT2D eigenvalue weighted by Gasteiger charge is -2.36. The van der Waals surface area contributed by atoms with Crippen molar-refractivity contribution in [1.82, 2.24) is 15.2 Å². The maximum absolute atomic E-state index is 6.37. The summed E-state index contributed by atoms with van der Waals surface area (Å²) >= 11 is 8.11. The maximum Gasteiger partial charge on any atom is 0.0798 e. The molecule has 0 aliphatic carbocycles. The topological polar surface area (TPSA) is 28.2 Å². The fraction of sp³-hybridized carbons (Fsp3) is 0.400. The van der Waals surface area contributed by atoms with E-state index in [-0.39, 0.29) is 12.4 Å². The minimum absolute atomic E-state index is 0. The fourth-order valence-electron chi connectivity index (χ4n) is 2.65. The van der Waals surface area contributed by atoms with Crippen molar-refractivity contribution in [3.05, 3.63) is 50.9 Å². The van der Waals surface area contributed by atoms with E-state index in [1.807, 2.05) is 17.6 Å². The second-order valence-electron chi connectivity index (χ2n) is 5.07. The molecule has 21 heavy (non-hydrogen) atoms. The van der Waals surface area contributed by atoms with E-state index < -0.39 is 0 Å². The SMILES string of the molecule is Cc1ncsc1CN1CCNCC1c1ccccc1Cl.Cl. The molecule has 1 aliphatic rings. The molecule has 1 aromatic carbocycles. The summed E-state index contributed by atoms with van der Waals surface area (Å²) in [6.45, 7) is 6.04. The lowest BCUT2D eigenvalue weighted by atomic mass is 10.0. The van der Waals surface area contributed by atoms with Crippen LogP contribution in [0.25, 0.3) is 0 Å². The van der Waals surface area contributed by atoms with Gasteiger partial charge in [-0.25, -0.2) is 4.98 Å². The summed E-state index contributed by atoms with van der Waals surface area (Å²) in [7, 11) is 0. The minimum Gasteiger partial charge on any atom is -0.314 e. The van der Waals surface area contributed by atoms with Gasteiger partial charge in [0.1, 0.15) is 0 Å². The summed E-state index contributed by atoms with van der Waals surface area (Å²) in [4.78, 5) is 8.20. The quantitative estimate of drug-likeness (QED) is 0.921. The molecule has 2 heterocycles. The first-order chi connectivity index (χ1) is 9.75. The number of piperazine rings is 1. The van der Waals surface area contributed by atoms with Crippen LogP contribution in [0.2, 0.25) is 5.02 Å². The van der Waals surface area contributed by atoms with Gasteiger partial charge >= 0.3 is 0 Å². The third-order valence-electron chi connectivity index (χ3n) is 3.81. The van der Waals surface area contributed by atoms with E-state index in [4.69, 9.17) is 11.6 Å². The number of hydrogen-bond donors (Lipinski definition) is 1. The Morgan fingerprint density at radius 2 is 2.24 bits per heavy atom. The van der Waals surface area contributed by atoms with Crippen molar-refractivity contribution in [2.45, 2.75) is 19.5 Å². The monoisotopic (exact) mass is 343 g/mol. The first kappa shape index (κ1) is 16.7. The molecule has 0 radical (unpaired) electrons. The van der Waals surface area contributed by atoms with Gasteiger partial charge in [-0.05, 0) is 18.6 Å². The van der Waals surface area contributed by atoms with Crippen LogP contribution in [0.1, 0.15) is 22.2 Å². The minimum atomic E-state index is 0. The van der Waals surface area contributed by atoms with Crippen molar-refractivity contribution >= 4 is 35.3 Å². The van der Waals surface area contributed by atoms with Crippen LogP contribution >= 0.6 is 35.3 Å². The highest BCUT2D eigenvalue weighted by molar-refractivity contribution is 7.09. The molecular formula is C15H19Cl2N3S. The molecule has 0 bridgehead atoms. The Hall–Kier alpha value is -0.650. The summed E-state index contributed by atoms with van der Waals surface area (Å²) in [6, 6.07) is 8.49. The average molecular weight is 344 g/mol. The standard InChI is InChI=1S/C15H18ClN3S.ClH/c1-11-15(20-10-18-11)9-19-7-6-17-8-14(19)12-4-2-3-5-13(12)16;/h2-5,10,14,17H,6-9H2,1H3;1H. The summed E-state index contributed by atoms with van der Waals surface area (Å²) in [5.41, 5.74) is 4.28. The molecule has 0 spiro atoms. The smallest absolute Gasteiger partial charge is 0.0798 e. The molecule has 1 saturated heterocycles. The number of thiazole rings is 1. The van der Waals surface area contributed by atoms with E-state index >= 15 is 0 Å². The predicted octanol–water partition coefficient (Wildman–Crippen LogP) is 3.67. The van der Waals surface area contributed by atoms with Gasteiger partial charge in [0.2, 0.25) is 0 Å². The third-order valence-corrected chi connectivity index (χ3v) is 5.07. The lowest BCUT2D eigenvalue weighted by molar-refractivity contribution is 0.155. The molecule has 1 aliphatic heterocycles. The van der Waals surface area contributed by atoms with Gasteiger partial charge in [-0.15, -0.1) is 23.7 Å². The molecule has 1 atom stereocenters. The molecule has 3 nitrogen and oxygen atoms in total. The van der Waals surface area contributed by atoms with Crippen LogP contribution in [-0.2, 0) is 6.54 Å². The first-order valence-electron chi connectivity index (χ1n) is 6.84.